The van der Waals surface area contributed by atoms with Crippen molar-refractivity contribution >= 4 is 34.5 Å². The van der Waals surface area contributed by atoms with E-state index in [-0.39, 0.29) is 18.2 Å². The number of hydrogen-bond acceptors (Lipinski definition) is 4. The Labute approximate surface area is 167 Å². The molecule has 1 saturated heterocycles. The Morgan fingerprint density at radius 2 is 2.00 bits per heavy atom. The summed E-state index contributed by atoms with van der Waals surface area (Å²) in [4.78, 5) is 28.1. The molecule has 1 N–H and O–H groups in total. The standard InChI is InChI=1S/C22H20N2O3S/c1-27-17-7-4-6-16(13-17)24-14-15(12-21(24)25)22(26)23-19-9-3-2-8-18(19)20-10-5-11-28-20/h2-11,13,15H,12,14H2,1H3,(H,23,26). The summed E-state index contributed by atoms with van der Waals surface area (Å²) in [6.45, 7) is 0.360. The van der Waals surface area contributed by atoms with Gasteiger partial charge in [0.1, 0.15) is 5.75 Å². The van der Waals surface area contributed by atoms with E-state index in [1.165, 1.54) is 0 Å². The first-order valence-electron chi connectivity index (χ1n) is 9.04. The van der Waals surface area contributed by atoms with Gasteiger partial charge in [0.15, 0.2) is 0 Å². The number of ether oxygens (including phenoxy) is 1. The van der Waals surface area contributed by atoms with E-state index in [0.717, 1.165) is 21.8 Å². The number of benzene rings is 2. The SMILES string of the molecule is COc1cccc(N2CC(C(=O)Nc3ccccc3-c3cccs3)CC2=O)c1. The van der Waals surface area contributed by atoms with Crippen LogP contribution in [0.3, 0.4) is 0 Å². The number of nitrogens with one attached hydrogen (secondary N) is 1. The van der Waals surface area contributed by atoms with Crippen molar-refractivity contribution in [1.82, 2.24) is 0 Å². The van der Waals surface area contributed by atoms with Crippen molar-refractivity contribution in [2.45, 2.75) is 6.42 Å². The third kappa shape index (κ3) is 3.64. The lowest BCUT2D eigenvalue weighted by Gasteiger charge is -2.18. The molecular weight excluding hydrogens is 372 g/mol. The molecular formula is C22H20N2O3S. The fourth-order valence-electron chi connectivity index (χ4n) is 3.38. The zero-order valence-corrected chi connectivity index (χ0v) is 16.2. The highest BCUT2D eigenvalue weighted by Gasteiger charge is 2.35. The summed E-state index contributed by atoms with van der Waals surface area (Å²) in [5, 5.41) is 5.03. The molecule has 2 heterocycles. The fraction of sp³-hybridized carbons (Fsp3) is 0.182. The second-order valence-electron chi connectivity index (χ2n) is 6.62. The molecule has 1 atom stereocenters. The summed E-state index contributed by atoms with van der Waals surface area (Å²) in [6, 6.07) is 19.1. The van der Waals surface area contributed by atoms with E-state index in [1.54, 1.807) is 23.3 Å². The van der Waals surface area contributed by atoms with Crippen molar-refractivity contribution in [2.24, 2.45) is 5.92 Å². The first-order chi connectivity index (χ1) is 13.7. The molecule has 0 saturated carbocycles. The Kier molecular flexibility index (Phi) is 5.12. The Morgan fingerprint density at radius 3 is 2.79 bits per heavy atom. The van der Waals surface area contributed by atoms with E-state index in [0.29, 0.717) is 12.3 Å². The van der Waals surface area contributed by atoms with Crippen LogP contribution in [0.5, 0.6) is 5.75 Å². The quantitative estimate of drug-likeness (QED) is 0.699. The summed E-state index contributed by atoms with van der Waals surface area (Å²) >= 11 is 1.63. The molecule has 4 rings (SSSR count). The molecule has 2 amide bonds. The minimum Gasteiger partial charge on any atom is -0.497 e. The fourth-order valence-corrected chi connectivity index (χ4v) is 4.15. The minimum atomic E-state index is -0.393. The normalized spacial score (nSPS) is 16.2. The summed E-state index contributed by atoms with van der Waals surface area (Å²) in [5.74, 6) is 0.0980. The van der Waals surface area contributed by atoms with Crippen LogP contribution < -0.4 is 15.0 Å². The van der Waals surface area contributed by atoms with Gasteiger partial charge in [0.25, 0.3) is 0 Å². The van der Waals surface area contributed by atoms with Crippen molar-refractivity contribution < 1.29 is 14.3 Å². The Bertz CT molecular complexity index is 1000. The van der Waals surface area contributed by atoms with Crippen LogP contribution in [-0.2, 0) is 9.59 Å². The molecule has 1 unspecified atom stereocenters. The molecule has 2 aromatic carbocycles. The smallest absolute Gasteiger partial charge is 0.229 e. The molecule has 1 aliphatic heterocycles. The number of carbonyl (C=O) groups excluding carboxylic acids is 2. The molecule has 1 aromatic heterocycles. The average Bonchev–Trinajstić information content (AvgIpc) is 3.38. The molecule has 0 spiro atoms. The van der Waals surface area contributed by atoms with Crippen LogP contribution in [-0.4, -0.2) is 25.5 Å². The second-order valence-corrected chi connectivity index (χ2v) is 7.57. The zero-order chi connectivity index (χ0) is 19.5. The lowest BCUT2D eigenvalue weighted by Crippen LogP contribution is -2.28. The monoisotopic (exact) mass is 392 g/mol. The summed E-state index contributed by atoms with van der Waals surface area (Å²) in [6.07, 6.45) is 0.199. The summed E-state index contributed by atoms with van der Waals surface area (Å²) in [5.41, 5.74) is 2.50. The van der Waals surface area contributed by atoms with Crippen LogP contribution in [0.4, 0.5) is 11.4 Å². The van der Waals surface area contributed by atoms with Gasteiger partial charge in [-0.2, -0.15) is 0 Å². The van der Waals surface area contributed by atoms with Crippen molar-refractivity contribution in [3.05, 3.63) is 66.0 Å². The number of amides is 2. The Balaban J connectivity index is 1.50. The molecule has 0 aliphatic carbocycles. The van der Waals surface area contributed by atoms with Gasteiger partial charge in [-0.05, 0) is 29.6 Å². The number of nitrogens with zero attached hydrogens (tertiary/aromatic N) is 1. The van der Waals surface area contributed by atoms with Crippen LogP contribution in [0.2, 0.25) is 0 Å². The molecule has 1 aliphatic rings. The van der Waals surface area contributed by atoms with E-state index in [1.807, 2.05) is 66.0 Å². The molecule has 1 fully saturated rings. The van der Waals surface area contributed by atoms with Gasteiger partial charge in [-0.1, -0.05) is 30.3 Å². The lowest BCUT2D eigenvalue weighted by atomic mass is 10.1. The van der Waals surface area contributed by atoms with E-state index in [9.17, 15) is 9.59 Å². The number of rotatable bonds is 5. The second kappa shape index (κ2) is 7.86. The molecule has 5 nitrogen and oxygen atoms in total. The molecule has 142 valence electrons. The van der Waals surface area contributed by atoms with Gasteiger partial charge < -0.3 is 15.0 Å². The van der Waals surface area contributed by atoms with Crippen LogP contribution in [0.25, 0.3) is 10.4 Å². The van der Waals surface area contributed by atoms with Crippen LogP contribution in [0, 0.1) is 5.92 Å². The van der Waals surface area contributed by atoms with Gasteiger partial charge in [0.05, 0.1) is 13.0 Å². The van der Waals surface area contributed by atoms with Gasteiger partial charge in [-0.3, -0.25) is 9.59 Å². The van der Waals surface area contributed by atoms with E-state index < -0.39 is 5.92 Å². The molecule has 0 bridgehead atoms. The largest absolute Gasteiger partial charge is 0.497 e. The maximum absolute atomic E-state index is 12.9. The van der Waals surface area contributed by atoms with Crippen molar-refractivity contribution in [2.75, 3.05) is 23.9 Å². The van der Waals surface area contributed by atoms with Gasteiger partial charge in [-0.15, -0.1) is 11.3 Å². The van der Waals surface area contributed by atoms with Crippen molar-refractivity contribution in [3.63, 3.8) is 0 Å². The van der Waals surface area contributed by atoms with Gasteiger partial charge >= 0.3 is 0 Å². The highest BCUT2D eigenvalue weighted by molar-refractivity contribution is 7.13. The van der Waals surface area contributed by atoms with Crippen molar-refractivity contribution in [1.29, 1.82) is 0 Å². The van der Waals surface area contributed by atoms with Crippen LogP contribution >= 0.6 is 11.3 Å². The minimum absolute atomic E-state index is 0.0556. The number of methoxy groups -OCH3 is 1. The maximum atomic E-state index is 12.9. The molecule has 0 radical (unpaired) electrons. The van der Waals surface area contributed by atoms with Gasteiger partial charge in [-0.25, -0.2) is 0 Å². The highest BCUT2D eigenvalue weighted by Crippen LogP contribution is 2.33. The van der Waals surface area contributed by atoms with Crippen LogP contribution in [0.1, 0.15) is 6.42 Å². The first-order valence-corrected chi connectivity index (χ1v) is 9.92. The first kappa shape index (κ1) is 18.3. The highest BCUT2D eigenvalue weighted by atomic mass is 32.1. The third-order valence-corrected chi connectivity index (χ3v) is 5.74. The van der Waals surface area contributed by atoms with E-state index in [4.69, 9.17) is 4.74 Å². The molecule has 3 aromatic rings. The number of carbonyl (C=O) groups is 2. The van der Waals surface area contributed by atoms with Crippen LogP contribution in [0.15, 0.2) is 66.0 Å². The third-order valence-electron chi connectivity index (χ3n) is 4.83. The topological polar surface area (TPSA) is 58.6 Å². The van der Waals surface area contributed by atoms with E-state index in [2.05, 4.69) is 5.32 Å². The van der Waals surface area contributed by atoms with Gasteiger partial charge in [0.2, 0.25) is 11.8 Å². The predicted octanol–water partition coefficient (Wildman–Crippen LogP) is 4.42. The number of hydrogen-bond donors (Lipinski definition) is 1. The van der Waals surface area contributed by atoms with Gasteiger partial charge in [0, 0.05) is 40.8 Å². The van der Waals surface area contributed by atoms with E-state index >= 15 is 0 Å². The Morgan fingerprint density at radius 1 is 1.14 bits per heavy atom. The maximum Gasteiger partial charge on any atom is 0.229 e. The number of anilines is 2. The lowest BCUT2D eigenvalue weighted by molar-refractivity contribution is -0.122. The summed E-state index contributed by atoms with van der Waals surface area (Å²) < 4.78 is 5.24. The number of para-hydroxylation sites is 1. The Hall–Kier alpha value is -3.12. The summed E-state index contributed by atoms with van der Waals surface area (Å²) in [7, 11) is 1.59. The van der Waals surface area contributed by atoms with Crippen molar-refractivity contribution in [3.8, 4) is 16.2 Å². The molecule has 6 heteroatoms. The zero-order valence-electron chi connectivity index (χ0n) is 15.4. The average molecular weight is 392 g/mol. The molecule has 28 heavy (non-hydrogen) atoms. The predicted molar refractivity (Wildman–Crippen MR) is 112 cm³/mol. The number of thiophene rings is 1.